The molecule has 0 aliphatic heterocycles. The Morgan fingerprint density at radius 3 is 1.47 bits per heavy atom. The van der Waals surface area contributed by atoms with E-state index >= 15 is 0 Å². The van der Waals surface area contributed by atoms with E-state index in [2.05, 4.69) is 24.3 Å². The second-order valence-electron chi connectivity index (χ2n) is 3.21. The van der Waals surface area contributed by atoms with Crippen molar-refractivity contribution in [2.75, 3.05) is 0 Å². The first-order valence-electron chi connectivity index (χ1n) is 6.85. The fourth-order valence-electron chi connectivity index (χ4n) is 1.68. The third kappa shape index (κ3) is 8.67. The van der Waals surface area contributed by atoms with E-state index in [0.29, 0.717) is 0 Å². The number of hydrogen-bond acceptors (Lipinski definition) is 1. The lowest BCUT2D eigenvalue weighted by Crippen LogP contribution is -2.00. The van der Waals surface area contributed by atoms with Crippen LogP contribution in [0.3, 0.4) is 0 Å². The highest BCUT2D eigenvalue weighted by Gasteiger charge is 2.05. The van der Waals surface area contributed by atoms with Gasteiger partial charge in [0.25, 0.3) is 0 Å². The Kier molecular flexibility index (Phi) is 16.0. The van der Waals surface area contributed by atoms with E-state index in [1.54, 1.807) is 11.1 Å². The number of hydrogen-bond donors (Lipinski definition) is 0. The van der Waals surface area contributed by atoms with E-state index in [0.717, 1.165) is 6.29 Å². The van der Waals surface area contributed by atoms with Crippen molar-refractivity contribution in [1.29, 1.82) is 0 Å². The fraction of sp³-hybridized carbons (Fsp3) is 0.562. The topological polar surface area (TPSA) is 17.1 Å². The van der Waals surface area contributed by atoms with Gasteiger partial charge < -0.3 is 4.79 Å². The van der Waals surface area contributed by atoms with Crippen LogP contribution in [0.15, 0.2) is 24.3 Å². The van der Waals surface area contributed by atoms with Crippen LogP contribution in [0.2, 0.25) is 0 Å². The van der Waals surface area contributed by atoms with Crippen molar-refractivity contribution in [3.8, 4) is 0 Å². The van der Waals surface area contributed by atoms with E-state index in [1.807, 2.05) is 27.7 Å². The maximum atomic E-state index is 8.81. The van der Waals surface area contributed by atoms with Crippen LogP contribution in [0.4, 0.5) is 0 Å². The van der Waals surface area contributed by atoms with Gasteiger partial charge in [-0.05, 0) is 43.7 Å². The van der Waals surface area contributed by atoms with Crippen molar-refractivity contribution in [3.63, 3.8) is 0 Å². The Balaban J connectivity index is 0. The molecule has 0 spiro atoms. The van der Waals surface area contributed by atoms with Crippen LogP contribution in [0.5, 0.6) is 0 Å². The monoisotopic (exact) mass is 236 g/mol. The molecule has 1 heteroatoms. The average Bonchev–Trinajstić information content (AvgIpc) is 2.44. The molecule has 0 unspecified atom stereocenters. The van der Waals surface area contributed by atoms with Crippen LogP contribution < -0.4 is 0 Å². The van der Waals surface area contributed by atoms with Gasteiger partial charge in [-0.1, -0.05) is 52.0 Å². The van der Waals surface area contributed by atoms with Crippen molar-refractivity contribution < 1.29 is 4.79 Å². The van der Waals surface area contributed by atoms with Crippen molar-refractivity contribution >= 4 is 6.29 Å². The van der Waals surface area contributed by atoms with Crippen LogP contribution in [0, 0.1) is 0 Å². The largest absolute Gasteiger partial charge is 0.304 e. The molecule has 17 heavy (non-hydrogen) atoms. The number of carbonyl (C=O) groups excluding carboxylic acids is 1. The van der Waals surface area contributed by atoms with Crippen molar-refractivity contribution in [1.82, 2.24) is 0 Å². The van der Waals surface area contributed by atoms with E-state index in [9.17, 15) is 0 Å². The molecule has 1 aromatic carbocycles. The molecule has 0 heterocycles. The van der Waals surface area contributed by atoms with Crippen molar-refractivity contribution in [3.05, 3.63) is 35.4 Å². The molecular weight excluding hydrogens is 208 g/mol. The number of rotatable bonds is 0. The van der Waals surface area contributed by atoms with Gasteiger partial charge in [-0.3, -0.25) is 0 Å². The van der Waals surface area contributed by atoms with Crippen LogP contribution in [0.25, 0.3) is 0 Å². The average molecular weight is 236 g/mol. The lowest BCUT2D eigenvalue weighted by molar-refractivity contribution is -0.106. The number of fused-ring (bicyclic) bond motifs is 1. The molecule has 1 aliphatic rings. The van der Waals surface area contributed by atoms with Gasteiger partial charge in [0, 0.05) is 0 Å². The molecule has 0 bridgehead atoms. The second-order valence-corrected chi connectivity index (χ2v) is 3.21. The van der Waals surface area contributed by atoms with Gasteiger partial charge in [0.15, 0.2) is 0 Å². The third-order valence-electron chi connectivity index (χ3n) is 2.26. The summed E-state index contributed by atoms with van der Waals surface area (Å²) in [5.41, 5.74) is 3.16. The minimum absolute atomic E-state index is 0.750. The van der Waals surface area contributed by atoms with Crippen LogP contribution in [-0.2, 0) is 17.6 Å². The normalized spacial score (nSPS) is 11.1. The molecule has 0 fully saturated rings. The van der Waals surface area contributed by atoms with E-state index in [-0.39, 0.29) is 0 Å². The molecule has 2 rings (SSSR count). The zero-order valence-corrected chi connectivity index (χ0v) is 12.1. The third-order valence-corrected chi connectivity index (χ3v) is 2.26. The Labute approximate surface area is 107 Å². The number of aryl methyl sites for hydroxylation is 2. The number of aldehydes is 1. The highest BCUT2D eigenvalue weighted by Crippen LogP contribution is 2.19. The summed E-state index contributed by atoms with van der Waals surface area (Å²) < 4.78 is 0. The summed E-state index contributed by atoms with van der Waals surface area (Å²) in [4.78, 5) is 8.81. The number of benzene rings is 1. The van der Waals surface area contributed by atoms with Crippen LogP contribution in [-0.4, -0.2) is 6.29 Å². The van der Waals surface area contributed by atoms with Gasteiger partial charge in [-0.15, -0.1) is 0 Å². The molecule has 98 valence electrons. The zero-order valence-electron chi connectivity index (χ0n) is 12.1. The van der Waals surface area contributed by atoms with Crippen LogP contribution in [0.1, 0.15) is 58.6 Å². The second kappa shape index (κ2) is 14.9. The molecule has 0 N–H and O–H groups in total. The standard InChI is InChI=1S/C10H12.C2H4O.2C2H6/c1-2-6-10-8-4-3-7-9(10)5-1;1-2-3;2*1-2/h1-2,5-6H,3-4,7-8H2;2H,1H3;2*1-2H3. The summed E-state index contributed by atoms with van der Waals surface area (Å²) in [5.74, 6) is 0. The summed E-state index contributed by atoms with van der Waals surface area (Å²) in [6, 6.07) is 8.80. The van der Waals surface area contributed by atoms with Crippen LogP contribution >= 0.6 is 0 Å². The predicted molar refractivity (Wildman–Crippen MR) is 77.5 cm³/mol. The molecule has 0 radical (unpaired) electrons. The summed E-state index contributed by atoms with van der Waals surface area (Å²) in [7, 11) is 0. The fourth-order valence-corrected chi connectivity index (χ4v) is 1.68. The van der Waals surface area contributed by atoms with Gasteiger partial charge in [0.2, 0.25) is 0 Å². The molecule has 0 saturated heterocycles. The molecule has 1 nitrogen and oxygen atoms in total. The predicted octanol–water partition coefficient (Wildman–Crippen LogP) is 4.82. The SMILES string of the molecule is CC.CC.CC=O.c1ccc2c(c1)CCCC2. The van der Waals surface area contributed by atoms with E-state index < -0.39 is 0 Å². The highest BCUT2D eigenvalue weighted by molar-refractivity contribution is 5.44. The molecular formula is C16H28O. The van der Waals surface area contributed by atoms with E-state index in [4.69, 9.17) is 4.79 Å². The molecule has 0 atom stereocenters. The smallest absolute Gasteiger partial charge is 0.116 e. The first-order chi connectivity index (χ1) is 8.38. The molecule has 0 amide bonds. The van der Waals surface area contributed by atoms with Gasteiger partial charge in [0.1, 0.15) is 6.29 Å². The molecule has 0 aromatic heterocycles. The van der Waals surface area contributed by atoms with Gasteiger partial charge in [-0.2, -0.15) is 0 Å². The van der Waals surface area contributed by atoms with Crippen molar-refractivity contribution in [2.45, 2.75) is 60.3 Å². The Morgan fingerprint density at radius 1 is 0.882 bits per heavy atom. The van der Waals surface area contributed by atoms with Gasteiger partial charge >= 0.3 is 0 Å². The van der Waals surface area contributed by atoms with E-state index in [1.165, 1.54) is 32.6 Å². The summed E-state index contributed by atoms with van der Waals surface area (Å²) >= 11 is 0. The lowest BCUT2D eigenvalue weighted by atomic mass is 9.92. The summed E-state index contributed by atoms with van der Waals surface area (Å²) in [5, 5.41) is 0. The molecule has 1 aromatic rings. The minimum Gasteiger partial charge on any atom is -0.304 e. The lowest BCUT2D eigenvalue weighted by Gasteiger charge is -2.13. The van der Waals surface area contributed by atoms with Crippen molar-refractivity contribution in [2.24, 2.45) is 0 Å². The quantitative estimate of drug-likeness (QED) is 0.590. The number of carbonyl (C=O) groups is 1. The Morgan fingerprint density at radius 2 is 1.18 bits per heavy atom. The Hall–Kier alpha value is -1.11. The Bertz CT molecular complexity index is 241. The minimum atomic E-state index is 0.750. The summed E-state index contributed by atoms with van der Waals surface area (Å²) in [6.07, 6.45) is 6.13. The molecule has 1 aliphatic carbocycles. The molecule has 0 saturated carbocycles. The van der Waals surface area contributed by atoms with Gasteiger partial charge in [0.05, 0.1) is 0 Å². The maximum Gasteiger partial charge on any atom is 0.116 e. The highest BCUT2D eigenvalue weighted by atomic mass is 16.1. The summed E-state index contributed by atoms with van der Waals surface area (Å²) in [6.45, 7) is 9.44. The first kappa shape index (κ1) is 18.3. The zero-order chi connectivity index (χ0) is 13.5. The van der Waals surface area contributed by atoms with Gasteiger partial charge in [-0.25, -0.2) is 0 Å². The first-order valence-corrected chi connectivity index (χ1v) is 6.85. The maximum absolute atomic E-state index is 8.81.